The number of amides is 1. The number of carbonyl (C=O) groups excluding carboxylic acids is 1. The van der Waals surface area contributed by atoms with E-state index in [0.717, 1.165) is 0 Å². The van der Waals surface area contributed by atoms with E-state index in [1.54, 1.807) is 13.8 Å². The monoisotopic (exact) mass is 255 g/mol. The Balaban J connectivity index is 3.13. The Hall–Kier alpha value is -1.73. The van der Waals surface area contributed by atoms with Crippen molar-refractivity contribution in [3.8, 4) is 0 Å². The zero-order valence-electron chi connectivity index (χ0n) is 10.6. The first kappa shape index (κ1) is 14.3. The van der Waals surface area contributed by atoms with Gasteiger partial charge in [0.1, 0.15) is 5.56 Å². The van der Waals surface area contributed by atoms with E-state index in [1.165, 1.54) is 6.92 Å². The standard InChI is InChI=1S/C11H17N3O4/c1-6-7(2)13-14-10(18)8(6)9(17)12-11(3,4-15)5-16/h15-16H,4-5H2,1-3H3,(H,12,17)(H,14,18). The fourth-order valence-corrected chi connectivity index (χ4v) is 1.36. The quantitative estimate of drug-likeness (QED) is 0.543. The van der Waals surface area contributed by atoms with E-state index in [2.05, 4.69) is 15.5 Å². The van der Waals surface area contributed by atoms with Crippen LogP contribution in [0.2, 0.25) is 0 Å². The zero-order chi connectivity index (χ0) is 13.9. The summed E-state index contributed by atoms with van der Waals surface area (Å²) in [5, 5.41) is 26.6. The van der Waals surface area contributed by atoms with Crippen LogP contribution in [0.4, 0.5) is 0 Å². The Kier molecular flexibility index (Phi) is 4.20. The second kappa shape index (κ2) is 5.28. The molecule has 0 spiro atoms. The van der Waals surface area contributed by atoms with Crippen LogP contribution in [-0.2, 0) is 0 Å². The Morgan fingerprint density at radius 2 is 1.94 bits per heavy atom. The first-order chi connectivity index (χ1) is 8.34. The fraction of sp³-hybridized carbons (Fsp3) is 0.545. The van der Waals surface area contributed by atoms with Gasteiger partial charge in [-0.1, -0.05) is 0 Å². The number of hydrogen-bond acceptors (Lipinski definition) is 5. The maximum absolute atomic E-state index is 12.0. The number of H-pyrrole nitrogens is 1. The molecule has 18 heavy (non-hydrogen) atoms. The van der Waals surface area contributed by atoms with Crippen LogP contribution in [0.1, 0.15) is 28.5 Å². The third-order valence-corrected chi connectivity index (χ3v) is 2.81. The molecule has 0 fully saturated rings. The average molecular weight is 255 g/mol. The molecule has 1 heterocycles. The van der Waals surface area contributed by atoms with E-state index in [1.807, 2.05) is 0 Å². The van der Waals surface area contributed by atoms with Crippen molar-refractivity contribution in [3.63, 3.8) is 0 Å². The van der Waals surface area contributed by atoms with E-state index < -0.39 is 30.2 Å². The molecule has 0 saturated heterocycles. The molecule has 0 saturated carbocycles. The Labute approximate surface area is 104 Å². The molecule has 0 aliphatic carbocycles. The lowest BCUT2D eigenvalue weighted by molar-refractivity contribution is 0.0721. The smallest absolute Gasteiger partial charge is 0.277 e. The van der Waals surface area contributed by atoms with Crippen molar-refractivity contribution < 1.29 is 15.0 Å². The summed E-state index contributed by atoms with van der Waals surface area (Å²) in [6, 6.07) is 0. The largest absolute Gasteiger partial charge is 0.394 e. The second-order valence-corrected chi connectivity index (χ2v) is 4.47. The van der Waals surface area contributed by atoms with Crippen LogP contribution in [0.3, 0.4) is 0 Å². The normalized spacial score (nSPS) is 11.4. The summed E-state index contributed by atoms with van der Waals surface area (Å²) in [4.78, 5) is 23.6. The van der Waals surface area contributed by atoms with Crippen LogP contribution in [0.25, 0.3) is 0 Å². The Bertz CT molecular complexity index is 506. The van der Waals surface area contributed by atoms with Crippen molar-refractivity contribution >= 4 is 5.91 Å². The van der Waals surface area contributed by atoms with Gasteiger partial charge in [0.05, 0.1) is 24.4 Å². The number of carbonyl (C=O) groups is 1. The number of aliphatic hydroxyl groups excluding tert-OH is 2. The summed E-state index contributed by atoms with van der Waals surface area (Å²) in [5.41, 5.74) is -0.832. The third-order valence-electron chi connectivity index (χ3n) is 2.81. The minimum absolute atomic E-state index is 0.0596. The van der Waals surface area contributed by atoms with Gasteiger partial charge in [0.15, 0.2) is 0 Å². The van der Waals surface area contributed by atoms with Gasteiger partial charge in [0.25, 0.3) is 11.5 Å². The highest BCUT2D eigenvalue weighted by molar-refractivity contribution is 5.95. The van der Waals surface area contributed by atoms with Gasteiger partial charge in [0.2, 0.25) is 0 Å². The number of nitrogens with zero attached hydrogens (tertiary/aromatic N) is 1. The average Bonchev–Trinajstić information content (AvgIpc) is 2.34. The summed E-state index contributed by atoms with van der Waals surface area (Å²) in [5.74, 6) is -0.648. The van der Waals surface area contributed by atoms with Gasteiger partial charge < -0.3 is 15.5 Å². The zero-order valence-corrected chi connectivity index (χ0v) is 10.6. The molecule has 0 aliphatic rings. The molecule has 1 amide bonds. The molecule has 1 aromatic heterocycles. The number of hydrogen-bond donors (Lipinski definition) is 4. The molecule has 4 N–H and O–H groups in total. The Morgan fingerprint density at radius 1 is 1.39 bits per heavy atom. The predicted molar refractivity (Wildman–Crippen MR) is 64.4 cm³/mol. The maximum atomic E-state index is 12.0. The third kappa shape index (κ3) is 2.74. The van der Waals surface area contributed by atoms with Gasteiger partial charge in [-0.15, -0.1) is 0 Å². The number of aromatic nitrogens is 2. The highest BCUT2D eigenvalue weighted by atomic mass is 16.3. The van der Waals surface area contributed by atoms with Crippen molar-refractivity contribution in [2.45, 2.75) is 26.3 Å². The topological polar surface area (TPSA) is 115 Å². The Morgan fingerprint density at radius 3 is 2.44 bits per heavy atom. The maximum Gasteiger partial charge on any atom is 0.277 e. The molecule has 0 bridgehead atoms. The van der Waals surface area contributed by atoms with Gasteiger partial charge in [-0.05, 0) is 26.3 Å². The van der Waals surface area contributed by atoms with Gasteiger partial charge in [-0.25, -0.2) is 5.10 Å². The van der Waals surface area contributed by atoms with Crippen LogP contribution in [0, 0.1) is 13.8 Å². The van der Waals surface area contributed by atoms with Crippen LogP contribution in [0.15, 0.2) is 4.79 Å². The van der Waals surface area contributed by atoms with E-state index in [9.17, 15) is 9.59 Å². The number of aliphatic hydroxyl groups is 2. The number of nitrogens with one attached hydrogen (secondary N) is 2. The summed E-state index contributed by atoms with van der Waals surface area (Å²) >= 11 is 0. The van der Waals surface area contributed by atoms with Crippen LogP contribution >= 0.6 is 0 Å². The van der Waals surface area contributed by atoms with Crippen molar-refractivity contribution in [2.24, 2.45) is 0 Å². The first-order valence-corrected chi connectivity index (χ1v) is 5.45. The molecule has 0 unspecified atom stereocenters. The van der Waals surface area contributed by atoms with E-state index in [-0.39, 0.29) is 5.56 Å². The van der Waals surface area contributed by atoms with Gasteiger partial charge in [0, 0.05) is 0 Å². The summed E-state index contributed by atoms with van der Waals surface area (Å²) < 4.78 is 0. The minimum Gasteiger partial charge on any atom is -0.394 e. The molecule has 7 nitrogen and oxygen atoms in total. The van der Waals surface area contributed by atoms with Crippen molar-refractivity contribution in [3.05, 3.63) is 27.2 Å². The molecule has 100 valence electrons. The van der Waals surface area contributed by atoms with Crippen molar-refractivity contribution in [1.82, 2.24) is 15.5 Å². The fourth-order valence-electron chi connectivity index (χ4n) is 1.36. The molecule has 0 aromatic carbocycles. The SMILES string of the molecule is Cc1n[nH]c(=O)c(C(=O)NC(C)(CO)CO)c1C. The van der Waals surface area contributed by atoms with Gasteiger partial charge in [-0.3, -0.25) is 9.59 Å². The van der Waals surface area contributed by atoms with Crippen LogP contribution in [-0.4, -0.2) is 45.1 Å². The first-order valence-electron chi connectivity index (χ1n) is 5.45. The molecule has 7 heteroatoms. The van der Waals surface area contributed by atoms with Crippen molar-refractivity contribution in [1.29, 1.82) is 0 Å². The lowest BCUT2D eigenvalue weighted by Crippen LogP contribution is -2.52. The minimum atomic E-state index is -1.17. The number of aryl methyl sites for hydroxylation is 1. The predicted octanol–water partition coefficient (Wildman–Crippen LogP) is -1.14. The second-order valence-electron chi connectivity index (χ2n) is 4.47. The van der Waals surface area contributed by atoms with Crippen LogP contribution in [0.5, 0.6) is 0 Å². The summed E-state index contributed by atoms with van der Waals surface area (Å²) in [6.07, 6.45) is 0. The lowest BCUT2D eigenvalue weighted by atomic mass is 10.0. The molecule has 0 radical (unpaired) electrons. The van der Waals surface area contributed by atoms with E-state index in [0.29, 0.717) is 11.3 Å². The molecular weight excluding hydrogens is 238 g/mol. The highest BCUT2D eigenvalue weighted by Gasteiger charge is 2.27. The molecular formula is C11H17N3O4. The van der Waals surface area contributed by atoms with Gasteiger partial charge >= 0.3 is 0 Å². The van der Waals surface area contributed by atoms with Crippen LogP contribution < -0.4 is 10.9 Å². The molecule has 1 rings (SSSR count). The van der Waals surface area contributed by atoms with Gasteiger partial charge in [-0.2, -0.15) is 5.10 Å². The number of aromatic amines is 1. The molecule has 0 atom stereocenters. The molecule has 1 aromatic rings. The highest BCUT2D eigenvalue weighted by Crippen LogP contribution is 2.08. The lowest BCUT2D eigenvalue weighted by Gasteiger charge is -2.26. The summed E-state index contributed by atoms with van der Waals surface area (Å²) in [6.45, 7) is 3.88. The van der Waals surface area contributed by atoms with E-state index in [4.69, 9.17) is 10.2 Å². The van der Waals surface area contributed by atoms with Crippen molar-refractivity contribution in [2.75, 3.05) is 13.2 Å². The molecule has 0 aliphatic heterocycles. The van der Waals surface area contributed by atoms with E-state index >= 15 is 0 Å². The number of rotatable bonds is 4. The summed E-state index contributed by atoms with van der Waals surface area (Å²) in [7, 11) is 0.